The van der Waals surface area contributed by atoms with Gasteiger partial charge >= 0.3 is 5.97 Å². The van der Waals surface area contributed by atoms with Crippen LogP contribution in [0.2, 0.25) is 0 Å². The first-order chi connectivity index (χ1) is 14.4. The van der Waals surface area contributed by atoms with Gasteiger partial charge in [-0.15, -0.1) is 11.3 Å². The molecule has 0 amide bonds. The number of aliphatic hydroxyl groups is 3. The molecule has 1 unspecified atom stereocenters. The Bertz CT molecular complexity index is 777. The fourth-order valence-corrected chi connectivity index (χ4v) is 5.72. The lowest BCUT2D eigenvalue weighted by atomic mass is 9.84. The Kier molecular flexibility index (Phi) is 8.62. The molecule has 0 spiro atoms. The van der Waals surface area contributed by atoms with E-state index in [2.05, 4.69) is 4.98 Å². The van der Waals surface area contributed by atoms with Gasteiger partial charge in [-0.2, -0.15) is 0 Å². The Labute approximate surface area is 181 Å². The lowest BCUT2D eigenvalue weighted by molar-refractivity contribution is -0.137. The summed E-state index contributed by atoms with van der Waals surface area (Å²) in [5.41, 5.74) is 0.961. The molecule has 1 aromatic carbocycles. The number of para-hydroxylation sites is 1. The zero-order valence-corrected chi connectivity index (χ0v) is 18.1. The lowest BCUT2D eigenvalue weighted by Gasteiger charge is -2.24. The topological polar surface area (TPSA) is 111 Å². The number of unbranched alkanes of at least 4 members (excludes halogenated alkanes) is 3. The summed E-state index contributed by atoms with van der Waals surface area (Å²) in [4.78, 5) is 15.1. The Morgan fingerprint density at radius 3 is 2.50 bits per heavy atom. The number of fused-ring (bicyclic) bond motifs is 1. The maximum atomic E-state index is 10.6. The van der Waals surface area contributed by atoms with Crippen LogP contribution in [-0.4, -0.2) is 49.7 Å². The van der Waals surface area contributed by atoms with Gasteiger partial charge in [0.2, 0.25) is 0 Å². The molecule has 1 saturated carbocycles. The molecular formula is C23H33NO5S. The van der Waals surface area contributed by atoms with Gasteiger partial charge in [0.25, 0.3) is 0 Å². The van der Waals surface area contributed by atoms with E-state index < -0.39 is 24.3 Å². The van der Waals surface area contributed by atoms with Gasteiger partial charge in [0.05, 0.1) is 33.5 Å². The molecular weight excluding hydrogens is 402 g/mol. The van der Waals surface area contributed by atoms with E-state index in [4.69, 9.17) is 5.11 Å². The summed E-state index contributed by atoms with van der Waals surface area (Å²) in [6.07, 6.45) is 5.15. The standard InChI is InChI=1S/C23H33NO5S/c25-15(13-22-24-18-8-5-6-9-21(18)30-22)11-12-17-16(19(26)14-20(17)27)7-3-1-2-4-10-23(28)29/h5-6,8-9,15-17,19-20,25-27H,1-4,7,10-14H2,(H,28,29)/t15?,16-,17-,19+,20-/m1/s1. The number of rotatable bonds is 12. The molecule has 1 aromatic heterocycles. The van der Waals surface area contributed by atoms with Crippen LogP contribution in [0.5, 0.6) is 0 Å². The predicted molar refractivity (Wildman–Crippen MR) is 118 cm³/mol. The van der Waals surface area contributed by atoms with Crippen LogP contribution in [0.1, 0.15) is 62.8 Å². The third kappa shape index (κ3) is 6.48. The van der Waals surface area contributed by atoms with Gasteiger partial charge in [-0.3, -0.25) is 4.79 Å². The summed E-state index contributed by atoms with van der Waals surface area (Å²) in [7, 11) is 0. The van der Waals surface area contributed by atoms with Crippen molar-refractivity contribution < 1.29 is 25.2 Å². The van der Waals surface area contributed by atoms with Crippen LogP contribution in [0.25, 0.3) is 10.2 Å². The molecule has 1 heterocycles. The molecule has 7 heteroatoms. The molecule has 0 bridgehead atoms. The zero-order valence-electron chi connectivity index (χ0n) is 17.3. The van der Waals surface area contributed by atoms with Crippen molar-refractivity contribution in [2.24, 2.45) is 11.8 Å². The molecule has 5 atom stereocenters. The highest BCUT2D eigenvalue weighted by Gasteiger charge is 2.40. The average Bonchev–Trinajstić information content (AvgIpc) is 3.22. The van der Waals surface area contributed by atoms with E-state index >= 15 is 0 Å². The maximum absolute atomic E-state index is 10.6. The van der Waals surface area contributed by atoms with Crippen LogP contribution < -0.4 is 0 Å². The highest BCUT2D eigenvalue weighted by atomic mass is 32.1. The van der Waals surface area contributed by atoms with Crippen LogP contribution in [0.15, 0.2) is 24.3 Å². The van der Waals surface area contributed by atoms with Crippen molar-refractivity contribution in [2.45, 2.75) is 82.5 Å². The third-order valence-electron chi connectivity index (χ3n) is 6.28. The minimum atomic E-state index is -0.756. The minimum Gasteiger partial charge on any atom is -0.481 e. The van der Waals surface area contributed by atoms with Gasteiger partial charge in [0, 0.05) is 12.8 Å². The van der Waals surface area contributed by atoms with Crippen molar-refractivity contribution in [1.82, 2.24) is 4.98 Å². The van der Waals surface area contributed by atoms with E-state index in [1.807, 2.05) is 24.3 Å². The SMILES string of the molecule is O=C(O)CCCCCC[C@@H]1[C@@H](CCC(O)Cc2nc3ccccc3s2)[C@H](O)C[C@@H]1O. The Balaban J connectivity index is 1.43. The molecule has 0 aliphatic heterocycles. The number of carbonyl (C=O) groups is 1. The number of thiazole rings is 1. The van der Waals surface area contributed by atoms with Crippen molar-refractivity contribution in [3.8, 4) is 0 Å². The summed E-state index contributed by atoms with van der Waals surface area (Å²) < 4.78 is 1.12. The lowest BCUT2D eigenvalue weighted by Crippen LogP contribution is -2.24. The van der Waals surface area contributed by atoms with Crippen LogP contribution in [0, 0.1) is 11.8 Å². The smallest absolute Gasteiger partial charge is 0.303 e. The van der Waals surface area contributed by atoms with E-state index in [1.165, 1.54) is 0 Å². The average molecular weight is 436 g/mol. The number of nitrogens with zero attached hydrogens (tertiary/aromatic N) is 1. The third-order valence-corrected chi connectivity index (χ3v) is 7.34. The van der Waals surface area contributed by atoms with E-state index in [0.717, 1.165) is 40.9 Å². The fourth-order valence-electron chi connectivity index (χ4n) is 4.69. The van der Waals surface area contributed by atoms with Gasteiger partial charge in [-0.1, -0.05) is 31.4 Å². The Hall–Kier alpha value is -1.54. The molecule has 1 fully saturated rings. The quantitative estimate of drug-likeness (QED) is 0.378. The van der Waals surface area contributed by atoms with Crippen LogP contribution >= 0.6 is 11.3 Å². The summed E-state index contributed by atoms with van der Waals surface area (Å²) in [6, 6.07) is 7.96. The molecule has 30 heavy (non-hydrogen) atoms. The zero-order chi connectivity index (χ0) is 21.5. The molecule has 1 aliphatic carbocycles. The molecule has 0 radical (unpaired) electrons. The van der Waals surface area contributed by atoms with Gasteiger partial charge in [-0.05, 0) is 56.1 Å². The molecule has 3 rings (SSSR count). The number of carboxylic acids is 1. The van der Waals surface area contributed by atoms with Crippen LogP contribution in [-0.2, 0) is 11.2 Å². The second-order valence-electron chi connectivity index (χ2n) is 8.56. The first-order valence-electron chi connectivity index (χ1n) is 11.0. The fraction of sp³-hybridized carbons (Fsp3) is 0.652. The molecule has 4 N–H and O–H groups in total. The van der Waals surface area contributed by atoms with Crippen molar-refractivity contribution in [1.29, 1.82) is 0 Å². The highest BCUT2D eigenvalue weighted by Crippen LogP contribution is 2.39. The second kappa shape index (κ2) is 11.2. The minimum absolute atomic E-state index is 0.00374. The largest absolute Gasteiger partial charge is 0.481 e. The first-order valence-corrected chi connectivity index (χ1v) is 11.9. The van der Waals surface area contributed by atoms with Crippen molar-refractivity contribution in [2.75, 3.05) is 0 Å². The van der Waals surface area contributed by atoms with Crippen molar-refractivity contribution in [3.05, 3.63) is 29.3 Å². The Morgan fingerprint density at radius 1 is 1.07 bits per heavy atom. The van der Waals surface area contributed by atoms with E-state index in [-0.39, 0.29) is 18.3 Å². The summed E-state index contributed by atoms with van der Waals surface area (Å²) in [5, 5.41) is 40.9. The van der Waals surface area contributed by atoms with Gasteiger partial charge in [0.15, 0.2) is 0 Å². The number of aromatic nitrogens is 1. The maximum Gasteiger partial charge on any atom is 0.303 e. The van der Waals surface area contributed by atoms with E-state index in [9.17, 15) is 20.1 Å². The van der Waals surface area contributed by atoms with E-state index in [1.54, 1.807) is 11.3 Å². The van der Waals surface area contributed by atoms with Crippen LogP contribution in [0.3, 0.4) is 0 Å². The molecule has 1 aliphatic rings. The van der Waals surface area contributed by atoms with Crippen molar-refractivity contribution in [3.63, 3.8) is 0 Å². The first kappa shape index (κ1) is 23.1. The number of carboxylic acid groups (broad SMARTS) is 1. The van der Waals surface area contributed by atoms with Crippen molar-refractivity contribution >= 4 is 27.5 Å². The highest BCUT2D eigenvalue weighted by molar-refractivity contribution is 7.18. The number of hydrogen-bond donors (Lipinski definition) is 4. The van der Waals surface area contributed by atoms with Crippen LogP contribution in [0.4, 0.5) is 0 Å². The molecule has 2 aromatic rings. The summed E-state index contributed by atoms with van der Waals surface area (Å²) in [5.74, 6) is -0.702. The number of benzene rings is 1. The van der Waals surface area contributed by atoms with E-state index in [0.29, 0.717) is 32.1 Å². The number of aliphatic carboxylic acids is 1. The Morgan fingerprint density at radius 2 is 1.77 bits per heavy atom. The summed E-state index contributed by atoms with van der Waals surface area (Å²) in [6.45, 7) is 0. The second-order valence-corrected chi connectivity index (χ2v) is 9.67. The predicted octanol–water partition coefficient (Wildman–Crippen LogP) is 3.76. The van der Waals surface area contributed by atoms with Gasteiger partial charge in [-0.25, -0.2) is 4.98 Å². The molecule has 6 nitrogen and oxygen atoms in total. The molecule has 0 saturated heterocycles. The molecule has 166 valence electrons. The van der Waals surface area contributed by atoms with Gasteiger partial charge in [0.1, 0.15) is 0 Å². The normalized spacial score (nSPS) is 25.0. The number of hydrogen-bond acceptors (Lipinski definition) is 6. The summed E-state index contributed by atoms with van der Waals surface area (Å²) >= 11 is 1.61. The monoisotopic (exact) mass is 435 g/mol. The number of aliphatic hydroxyl groups excluding tert-OH is 3. The van der Waals surface area contributed by atoms with Gasteiger partial charge < -0.3 is 20.4 Å².